The summed E-state index contributed by atoms with van der Waals surface area (Å²) in [5.74, 6) is -0.0236. The minimum atomic E-state index is -0.360. The first kappa shape index (κ1) is 23.4. The molecule has 8 heteroatoms. The first-order chi connectivity index (χ1) is 15.9. The number of piperazine rings is 1. The lowest BCUT2D eigenvalue weighted by Crippen LogP contribution is -2.54. The van der Waals surface area contributed by atoms with Crippen molar-refractivity contribution in [1.29, 1.82) is 0 Å². The smallest absolute Gasteiger partial charge is 0.226 e. The predicted octanol–water partition coefficient (Wildman–Crippen LogP) is 3.58. The molecule has 1 aliphatic carbocycles. The van der Waals surface area contributed by atoms with E-state index < -0.39 is 0 Å². The minimum absolute atomic E-state index is 0.141. The van der Waals surface area contributed by atoms with Crippen LogP contribution in [0.25, 0.3) is 0 Å². The fraction of sp³-hybridized carbons (Fsp3) is 0.560. The number of rotatable bonds is 7. The van der Waals surface area contributed by atoms with Crippen LogP contribution < -0.4 is 5.32 Å². The maximum atomic E-state index is 14.4. The number of nitrogens with one attached hydrogen (secondary N) is 1. The normalized spacial score (nSPS) is 19.7. The zero-order valence-electron chi connectivity index (χ0n) is 19.6. The molecule has 0 unspecified atom stereocenters. The molecular weight excluding hydrogens is 421 g/mol. The summed E-state index contributed by atoms with van der Waals surface area (Å²) in [4.78, 5) is 29.6. The maximum Gasteiger partial charge on any atom is 0.226 e. The molecule has 0 spiro atoms. The molecule has 1 saturated carbocycles. The van der Waals surface area contributed by atoms with Crippen LogP contribution in [0.1, 0.15) is 50.2 Å². The molecule has 2 amide bonds. The Morgan fingerprint density at radius 3 is 2.70 bits per heavy atom. The van der Waals surface area contributed by atoms with Gasteiger partial charge in [-0.15, -0.1) is 0 Å². The third kappa shape index (κ3) is 5.79. The summed E-state index contributed by atoms with van der Waals surface area (Å²) in [6.45, 7) is 7.33. The number of aryl methyl sites for hydroxylation is 1. The molecular formula is C25H34FN5O2. The molecule has 2 aromatic rings. The molecule has 1 saturated heterocycles. The van der Waals surface area contributed by atoms with Crippen molar-refractivity contribution in [2.45, 2.75) is 65.1 Å². The molecule has 1 aromatic heterocycles. The van der Waals surface area contributed by atoms with E-state index in [1.54, 1.807) is 23.1 Å². The Labute approximate surface area is 194 Å². The number of halogens is 1. The van der Waals surface area contributed by atoms with Crippen LogP contribution in [0.2, 0.25) is 0 Å². The number of nitrogens with zero attached hydrogens (tertiary/aromatic N) is 4. The summed E-state index contributed by atoms with van der Waals surface area (Å²) in [6, 6.07) is 4.88. The van der Waals surface area contributed by atoms with E-state index in [2.05, 4.69) is 22.2 Å². The standard InChI is InChI=1S/C25H34FN5O2/c1-18-16-29(12-13-31(18)25(33)20-6-3-4-7-20)17-21-14-22(26)15-23(19(21)2)28-24(32)8-11-30-10-5-9-27-30/h5,9-10,14-15,18,20H,3-4,6-8,11-13,16-17H2,1-2H3,(H,28,32)/t18-/m0/s1. The van der Waals surface area contributed by atoms with Gasteiger partial charge in [0.1, 0.15) is 5.82 Å². The van der Waals surface area contributed by atoms with Crippen molar-refractivity contribution in [3.05, 3.63) is 47.5 Å². The molecule has 4 rings (SSSR count). The zero-order chi connectivity index (χ0) is 23.4. The second-order valence-electron chi connectivity index (χ2n) is 9.40. The van der Waals surface area contributed by atoms with Gasteiger partial charge in [0, 0.05) is 69.2 Å². The van der Waals surface area contributed by atoms with Gasteiger partial charge in [-0.3, -0.25) is 19.2 Å². The molecule has 1 aliphatic heterocycles. The Balaban J connectivity index is 1.35. The first-order valence-electron chi connectivity index (χ1n) is 12.0. The molecule has 7 nitrogen and oxygen atoms in total. The molecule has 178 valence electrons. The van der Waals surface area contributed by atoms with Crippen LogP contribution in [0.4, 0.5) is 10.1 Å². The van der Waals surface area contributed by atoms with Gasteiger partial charge in [0.15, 0.2) is 0 Å². The summed E-state index contributed by atoms with van der Waals surface area (Å²) in [5, 5.41) is 6.96. The fourth-order valence-corrected chi connectivity index (χ4v) is 5.04. The largest absolute Gasteiger partial charge is 0.337 e. The number of anilines is 1. The topological polar surface area (TPSA) is 70.5 Å². The molecule has 1 N–H and O–H groups in total. The van der Waals surface area contributed by atoms with Crippen LogP contribution in [0.3, 0.4) is 0 Å². The Hall–Kier alpha value is -2.74. The Kier molecular flexibility index (Phi) is 7.42. The fourth-order valence-electron chi connectivity index (χ4n) is 5.04. The highest BCUT2D eigenvalue weighted by atomic mass is 19.1. The molecule has 2 aliphatic rings. The minimum Gasteiger partial charge on any atom is -0.337 e. The van der Waals surface area contributed by atoms with Crippen molar-refractivity contribution < 1.29 is 14.0 Å². The van der Waals surface area contributed by atoms with Crippen LogP contribution in [-0.2, 0) is 22.7 Å². The van der Waals surface area contributed by atoms with Crippen molar-refractivity contribution in [3.8, 4) is 0 Å². The first-order valence-corrected chi connectivity index (χ1v) is 12.0. The molecule has 0 bridgehead atoms. The number of hydrogen-bond acceptors (Lipinski definition) is 4. The third-order valence-electron chi connectivity index (χ3n) is 6.97. The van der Waals surface area contributed by atoms with Gasteiger partial charge >= 0.3 is 0 Å². The number of carbonyl (C=O) groups is 2. The lowest BCUT2D eigenvalue weighted by Gasteiger charge is -2.41. The second-order valence-corrected chi connectivity index (χ2v) is 9.40. The van der Waals surface area contributed by atoms with Crippen molar-refractivity contribution in [3.63, 3.8) is 0 Å². The molecule has 2 fully saturated rings. The van der Waals surface area contributed by atoms with E-state index in [4.69, 9.17) is 0 Å². The van der Waals surface area contributed by atoms with E-state index in [1.165, 1.54) is 6.07 Å². The second kappa shape index (κ2) is 10.5. The van der Waals surface area contributed by atoms with Crippen molar-refractivity contribution >= 4 is 17.5 Å². The van der Waals surface area contributed by atoms with Gasteiger partial charge in [0.05, 0.1) is 0 Å². The van der Waals surface area contributed by atoms with Crippen LogP contribution in [-0.4, -0.2) is 57.1 Å². The Morgan fingerprint density at radius 2 is 2.00 bits per heavy atom. The average Bonchev–Trinajstić information content (AvgIpc) is 3.49. The molecule has 33 heavy (non-hydrogen) atoms. The summed E-state index contributed by atoms with van der Waals surface area (Å²) >= 11 is 0. The summed E-state index contributed by atoms with van der Waals surface area (Å²) in [6.07, 6.45) is 8.10. The SMILES string of the molecule is Cc1c(CN2CCN(C(=O)C3CCCC3)[C@@H](C)C2)cc(F)cc1NC(=O)CCn1cccn1. The molecule has 1 atom stereocenters. The van der Waals surface area contributed by atoms with E-state index in [9.17, 15) is 14.0 Å². The van der Waals surface area contributed by atoms with E-state index in [1.807, 2.05) is 17.9 Å². The van der Waals surface area contributed by atoms with Crippen molar-refractivity contribution in [1.82, 2.24) is 19.6 Å². The zero-order valence-corrected chi connectivity index (χ0v) is 19.6. The van der Waals surface area contributed by atoms with Crippen LogP contribution in [0, 0.1) is 18.7 Å². The number of carbonyl (C=O) groups excluding carboxylic acids is 2. The summed E-state index contributed by atoms with van der Waals surface area (Å²) in [7, 11) is 0. The van der Waals surface area contributed by atoms with Gasteiger partial charge < -0.3 is 10.2 Å². The lowest BCUT2D eigenvalue weighted by atomic mass is 10.0. The van der Waals surface area contributed by atoms with E-state index >= 15 is 0 Å². The Morgan fingerprint density at radius 1 is 1.21 bits per heavy atom. The van der Waals surface area contributed by atoms with Crippen LogP contribution >= 0.6 is 0 Å². The lowest BCUT2D eigenvalue weighted by molar-refractivity contribution is -0.140. The van der Waals surface area contributed by atoms with Gasteiger partial charge in [0.25, 0.3) is 0 Å². The average molecular weight is 456 g/mol. The van der Waals surface area contributed by atoms with Gasteiger partial charge in [-0.1, -0.05) is 12.8 Å². The number of benzene rings is 1. The maximum absolute atomic E-state index is 14.4. The van der Waals surface area contributed by atoms with Crippen molar-refractivity contribution in [2.24, 2.45) is 5.92 Å². The number of aromatic nitrogens is 2. The summed E-state index contributed by atoms with van der Waals surface area (Å²) in [5.41, 5.74) is 2.25. The highest BCUT2D eigenvalue weighted by Crippen LogP contribution is 2.29. The van der Waals surface area contributed by atoms with Gasteiger partial charge in [0.2, 0.25) is 11.8 Å². The van der Waals surface area contributed by atoms with Crippen molar-refractivity contribution in [2.75, 3.05) is 25.0 Å². The van der Waals surface area contributed by atoms with Gasteiger partial charge in [-0.2, -0.15) is 5.10 Å². The van der Waals surface area contributed by atoms with Gasteiger partial charge in [-0.05, 0) is 56.0 Å². The third-order valence-corrected chi connectivity index (χ3v) is 6.97. The van der Waals surface area contributed by atoms with E-state index in [0.29, 0.717) is 31.2 Å². The Bertz CT molecular complexity index is 971. The highest BCUT2D eigenvalue weighted by Gasteiger charge is 2.33. The quantitative estimate of drug-likeness (QED) is 0.693. The number of hydrogen-bond donors (Lipinski definition) is 1. The van der Waals surface area contributed by atoms with Crippen LogP contribution in [0.15, 0.2) is 30.6 Å². The van der Waals surface area contributed by atoms with E-state index in [0.717, 1.165) is 49.9 Å². The molecule has 0 radical (unpaired) electrons. The van der Waals surface area contributed by atoms with E-state index in [-0.39, 0.29) is 30.1 Å². The predicted molar refractivity (Wildman–Crippen MR) is 125 cm³/mol. The molecule has 1 aromatic carbocycles. The van der Waals surface area contributed by atoms with Crippen LogP contribution in [0.5, 0.6) is 0 Å². The van der Waals surface area contributed by atoms with Gasteiger partial charge in [-0.25, -0.2) is 4.39 Å². The monoisotopic (exact) mass is 455 g/mol. The summed E-state index contributed by atoms with van der Waals surface area (Å²) < 4.78 is 16.1. The molecule has 2 heterocycles. The number of amides is 2. The highest BCUT2D eigenvalue weighted by molar-refractivity contribution is 5.91.